The Bertz CT molecular complexity index is 1990. The third kappa shape index (κ3) is 2.73. The van der Waals surface area contributed by atoms with Gasteiger partial charge in [-0.05, 0) is 42.5 Å². The van der Waals surface area contributed by atoms with Gasteiger partial charge >= 0.3 is 0 Å². The largest absolute Gasteiger partial charge is 0.307 e. The number of benzene rings is 5. The minimum atomic E-state index is 0.462. The van der Waals surface area contributed by atoms with E-state index in [9.17, 15) is 10.5 Å². The minimum absolute atomic E-state index is 0.462. The Morgan fingerprint density at radius 3 is 1.50 bits per heavy atom. The van der Waals surface area contributed by atoms with Gasteiger partial charge in [-0.15, -0.1) is 0 Å². The molecule has 0 aliphatic carbocycles. The predicted molar refractivity (Wildman–Crippen MR) is 145 cm³/mol. The second kappa shape index (κ2) is 7.60. The summed E-state index contributed by atoms with van der Waals surface area (Å²) in [6.45, 7) is 0. The topological polar surface area (TPSA) is 57.4 Å². The Hall–Kier alpha value is -5.32. The predicted octanol–water partition coefficient (Wildman–Crippen LogP) is 7.62. The lowest BCUT2D eigenvalue weighted by Gasteiger charge is -2.14. The van der Waals surface area contributed by atoms with E-state index in [4.69, 9.17) is 0 Å². The van der Waals surface area contributed by atoms with Crippen LogP contribution in [0.2, 0.25) is 0 Å². The number of fused-ring (bicyclic) bond motifs is 6. The molecule has 7 aromatic rings. The molecule has 2 aromatic heterocycles. The summed E-state index contributed by atoms with van der Waals surface area (Å²) in [7, 11) is 0. The van der Waals surface area contributed by atoms with Gasteiger partial charge in [0.2, 0.25) is 0 Å². The highest BCUT2D eigenvalue weighted by Crippen LogP contribution is 2.39. The summed E-state index contributed by atoms with van der Waals surface area (Å²) in [5.41, 5.74) is 7.09. The molecule has 0 saturated carbocycles. The molecule has 4 heteroatoms. The molecule has 2 heterocycles. The standard InChI is InChI=1S/C32H18N4/c33-19-21-16-22(20-34)18-23(17-21)35-28-12-4-3-10-26(28)27-11-7-15-31(32(27)35)36-29-13-5-1-8-24(29)25-9-2-6-14-30(25)36/h1-18H. The van der Waals surface area contributed by atoms with Gasteiger partial charge in [-0.2, -0.15) is 10.5 Å². The highest BCUT2D eigenvalue weighted by Gasteiger charge is 2.20. The van der Waals surface area contributed by atoms with Crippen LogP contribution in [0.25, 0.3) is 55.0 Å². The summed E-state index contributed by atoms with van der Waals surface area (Å²) >= 11 is 0. The van der Waals surface area contributed by atoms with Crippen LogP contribution < -0.4 is 0 Å². The van der Waals surface area contributed by atoms with Crippen molar-refractivity contribution in [3.05, 3.63) is 120 Å². The van der Waals surface area contributed by atoms with E-state index in [1.165, 1.54) is 10.8 Å². The van der Waals surface area contributed by atoms with Crippen LogP contribution in [0.5, 0.6) is 0 Å². The van der Waals surface area contributed by atoms with Gasteiger partial charge in [-0.25, -0.2) is 0 Å². The summed E-state index contributed by atoms with van der Waals surface area (Å²) in [4.78, 5) is 0. The monoisotopic (exact) mass is 458 g/mol. The number of hydrogen-bond acceptors (Lipinski definition) is 2. The van der Waals surface area contributed by atoms with Crippen LogP contribution >= 0.6 is 0 Å². The molecule has 0 fully saturated rings. The molecule has 0 atom stereocenters. The summed E-state index contributed by atoms with van der Waals surface area (Å²) in [5, 5.41) is 24.0. The average Bonchev–Trinajstić information content (AvgIpc) is 3.46. The van der Waals surface area contributed by atoms with E-state index < -0.39 is 0 Å². The summed E-state index contributed by atoms with van der Waals surface area (Å²) < 4.78 is 4.51. The van der Waals surface area contributed by atoms with Crippen molar-refractivity contribution in [3.63, 3.8) is 0 Å². The Morgan fingerprint density at radius 2 is 0.944 bits per heavy atom. The lowest BCUT2D eigenvalue weighted by atomic mass is 10.1. The van der Waals surface area contributed by atoms with Gasteiger partial charge in [-0.1, -0.05) is 66.7 Å². The fraction of sp³-hybridized carbons (Fsp3) is 0. The van der Waals surface area contributed by atoms with E-state index in [1.54, 1.807) is 6.07 Å². The molecule has 166 valence electrons. The Morgan fingerprint density at radius 1 is 0.472 bits per heavy atom. The SMILES string of the molecule is N#Cc1cc(C#N)cc(-n2c3ccccc3c3cccc(-n4c5ccccc5c5ccccc54)c32)c1. The van der Waals surface area contributed by atoms with Gasteiger partial charge in [0.05, 0.1) is 51.0 Å². The first-order valence-electron chi connectivity index (χ1n) is 11.7. The quantitative estimate of drug-likeness (QED) is 0.267. The molecule has 36 heavy (non-hydrogen) atoms. The third-order valence-electron chi connectivity index (χ3n) is 6.93. The Balaban J connectivity index is 1.71. The van der Waals surface area contributed by atoms with Gasteiger partial charge in [0.1, 0.15) is 0 Å². The zero-order valence-corrected chi connectivity index (χ0v) is 19.2. The maximum Gasteiger partial charge on any atom is 0.0992 e. The second-order valence-electron chi connectivity index (χ2n) is 8.89. The van der Waals surface area contributed by atoms with Gasteiger partial charge in [-0.3, -0.25) is 0 Å². The highest BCUT2D eigenvalue weighted by molar-refractivity contribution is 6.15. The molecule has 0 radical (unpaired) electrons. The molecule has 0 amide bonds. The molecule has 0 unspecified atom stereocenters. The molecule has 0 spiro atoms. The van der Waals surface area contributed by atoms with Crippen LogP contribution in [0.15, 0.2) is 109 Å². The van der Waals surface area contributed by atoms with Gasteiger partial charge in [0.25, 0.3) is 0 Å². The molecule has 5 aromatic carbocycles. The van der Waals surface area contributed by atoms with E-state index in [-0.39, 0.29) is 0 Å². The van der Waals surface area contributed by atoms with Crippen LogP contribution in [-0.4, -0.2) is 9.13 Å². The maximum atomic E-state index is 9.67. The van der Waals surface area contributed by atoms with Gasteiger partial charge < -0.3 is 9.13 Å². The van der Waals surface area contributed by atoms with E-state index in [0.29, 0.717) is 11.1 Å². The number of hydrogen-bond donors (Lipinski definition) is 0. The average molecular weight is 459 g/mol. The highest BCUT2D eigenvalue weighted by atomic mass is 15.1. The van der Waals surface area contributed by atoms with Crippen molar-refractivity contribution in [1.82, 2.24) is 9.13 Å². The van der Waals surface area contributed by atoms with Crippen LogP contribution in [0.4, 0.5) is 0 Å². The zero-order valence-electron chi connectivity index (χ0n) is 19.2. The molecule has 0 saturated heterocycles. The van der Waals surface area contributed by atoms with Crippen molar-refractivity contribution in [3.8, 4) is 23.5 Å². The number of para-hydroxylation sites is 4. The number of rotatable bonds is 2. The third-order valence-corrected chi connectivity index (χ3v) is 6.93. The summed E-state index contributed by atoms with van der Waals surface area (Å²) in [6, 6.07) is 41.4. The van der Waals surface area contributed by atoms with Crippen LogP contribution in [0.3, 0.4) is 0 Å². The zero-order chi connectivity index (χ0) is 24.2. The van der Waals surface area contributed by atoms with E-state index in [0.717, 1.165) is 44.2 Å². The van der Waals surface area contributed by atoms with Crippen LogP contribution in [-0.2, 0) is 0 Å². The molecular weight excluding hydrogens is 440 g/mol. The van der Waals surface area contributed by atoms with Gasteiger partial charge in [0, 0.05) is 27.2 Å². The van der Waals surface area contributed by atoms with Gasteiger partial charge in [0.15, 0.2) is 0 Å². The molecule has 7 rings (SSSR count). The lowest BCUT2D eigenvalue weighted by molar-refractivity contribution is 1.13. The first-order valence-corrected chi connectivity index (χ1v) is 11.7. The molecule has 0 aliphatic heterocycles. The molecular formula is C32H18N4. The fourth-order valence-corrected chi connectivity index (χ4v) is 5.50. The normalized spacial score (nSPS) is 11.3. The Kier molecular flexibility index (Phi) is 4.24. The fourth-order valence-electron chi connectivity index (χ4n) is 5.50. The van der Waals surface area contributed by atoms with Crippen LogP contribution in [0.1, 0.15) is 11.1 Å². The van der Waals surface area contributed by atoms with Crippen molar-refractivity contribution >= 4 is 43.6 Å². The lowest BCUT2D eigenvalue weighted by Crippen LogP contribution is -2.01. The second-order valence-corrected chi connectivity index (χ2v) is 8.89. The Labute approximate surface area is 207 Å². The van der Waals surface area contributed by atoms with Crippen LogP contribution in [0, 0.1) is 22.7 Å². The van der Waals surface area contributed by atoms with Crippen molar-refractivity contribution in [2.24, 2.45) is 0 Å². The number of nitriles is 2. The summed E-state index contributed by atoms with van der Waals surface area (Å²) in [5.74, 6) is 0. The number of aromatic nitrogens is 2. The van der Waals surface area contributed by atoms with Crippen molar-refractivity contribution in [1.29, 1.82) is 10.5 Å². The van der Waals surface area contributed by atoms with E-state index in [1.807, 2.05) is 24.3 Å². The summed E-state index contributed by atoms with van der Waals surface area (Å²) in [6.07, 6.45) is 0. The molecule has 0 bridgehead atoms. The first-order chi connectivity index (χ1) is 17.8. The smallest absolute Gasteiger partial charge is 0.0992 e. The number of nitrogens with zero attached hydrogens (tertiary/aromatic N) is 4. The minimum Gasteiger partial charge on any atom is -0.307 e. The first kappa shape index (κ1) is 20.1. The van der Waals surface area contributed by atoms with Crippen molar-refractivity contribution < 1.29 is 0 Å². The molecule has 4 nitrogen and oxygen atoms in total. The maximum absolute atomic E-state index is 9.67. The molecule has 0 N–H and O–H groups in total. The van der Waals surface area contributed by atoms with Crippen molar-refractivity contribution in [2.75, 3.05) is 0 Å². The van der Waals surface area contributed by atoms with Crippen molar-refractivity contribution in [2.45, 2.75) is 0 Å². The van der Waals surface area contributed by atoms with E-state index >= 15 is 0 Å². The molecule has 0 aliphatic rings. The van der Waals surface area contributed by atoms with E-state index in [2.05, 4.69) is 100 Å².